The van der Waals surface area contributed by atoms with Crippen molar-refractivity contribution in [3.8, 4) is 0 Å². The Labute approximate surface area is 83.8 Å². The zero-order chi connectivity index (χ0) is 10.2. The van der Waals surface area contributed by atoms with Gasteiger partial charge >= 0.3 is 5.97 Å². The molecule has 1 N–H and O–H groups in total. The van der Waals surface area contributed by atoms with Crippen LogP contribution in [0.3, 0.4) is 0 Å². The van der Waals surface area contributed by atoms with Gasteiger partial charge in [0.25, 0.3) is 0 Å². The number of carbonyl (C=O) groups excluding carboxylic acids is 1. The van der Waals surface area contributed by atoms with Crippen molar-refractivity contribution in [2.24, 2.45) is 17.3 Å². The second kappa shape index (κ2) is 3.39. The molecule has 3 rings (SSSR count). The van der Waals surface area contributed by atoms with Crippen molar-refractivity contribution < 1.29 is 14.6 Å². The van der Waals surface area contributed by atoms with E-state index < -0.39 is 0 Å². The molecule has 3 nitrogen and oxygen atoms in total. The van der Waals surface area contributed by atoms with E-state index in [1.54, 1.807) is 0 Å². The molecule has 1 fully saturated rings. The summed E-state index contributed by atoms with van der Waals surface area (Å²) in [7, 11) is 1.42. The fourth-order valence-corrected chi connectivity index (χ4v) is 2.70. The maximum atomic E-state index is 11.6. The number of hydrogen-bond donors (Lipinski definition) is 1. The van der Waals surface area contributed by atoms with E-state index in [4.69, 9.17) is 4.74 Å². The first kappa shape index (κ1) is 9.71. The van der Waals surface area contributed by atoms with Crippen molar-refractivity contribution >= 4 is 5.97 Å². The Morgan fingerprint density at radius 2 is 2.50 bits per heavy atom. The number of carbonyl (C=O) groups is 1. The van der Waals surface area contributed by atoms with E-state index in [0.29, 0.717) is 5.92 Å². The van der Waals surface area contributed by atoms with Crippen LogP contribution in [-0.4, -0.2) is 24.8 Å². The van der Waals surface area contributed by atoms with Gasteiger partial charge in [-0.2, -0.15) is 0 Å². The number of aliphatic hydroxyl groups is 1. The van der Waals surface area contributed by atoms with Crippen LogP contribution < -0.4 is 0 Å². The molecule has 3 aliphatic rings. The lowest BCUT2D eigenvalue weighted by molar-refractivity contribution is -0.153. The first-order valence-electron chi connectivity index (χ1n) is 5.10. The van der Waals surface area contributed by atoms with Crippen LogP contribution in [0.15, 0.2) is 12.2 Å². The topological polar surface area (TPSA) is 46.5 Å². The summed E-state index contributed by atoms with van der Waals surface area (Å²) in [5, 5.41) is 9.42. The number of rotatable bonds is 2. The fraction of sp³-hybridized carbons (Fsp3) is 0.727. The minimum absolute atomic E-state index is 0.0516. The van der Waals surface area contributed by atoms with Crippen LogP contribution in [-0.2, 0) is 9.53 Å². The summed E-state index contributed by atoms with van der Waals surface area (Å²) >= 11 is 0. The molecule has 0 aromatic heterocycles. The fourth-order valence-electron chi connectivity index (χ4n) is 2.70. The van der Waals surface area contributed by atoms with Gasteiger partial charge < -0.3 is 9.84 Å². The Morgan fingerprint density at radius 3 is 3.00 bits per heavy atom. The highest BCUT2D eigenvalue weighted by atomic mass is 16.5. The summed E-state index contributed by atoms with van der Waals surface area (Å²) in [5.74, 6) is 0.196. The third kappa shape index (κ3) is 1.27. The van der Waals surface area contributed by atoms with Crippen LogP contribution in [0.1, 0.15) is 19.3 Å². The summed E-state index contributed by atoms with van der Waals surface area (Å²) in [4.78, 5) is 11.6. The summed E-state index contributed by atoms with van der Waals surface area (Å²) < 4.78 is 4.79. The number of fused-ring (bicyclic) bond motifs is 2. The number of ether oxygens (including phenoxy) is 1. The van der Waals surface area contributed by atoms with Crippen molar-refractivity contribution in [1.29, 1.82) is 0 Å². The molecule has 0 aromatic carbocycles. The van der Waals surface area contributed by atoms with Crippen molar-refractivity contribution in [3.63, 3.8) is 0 Å². The van der Waals surface area contributed by atoms with Crippen LogP contribution in [0.2, 0.25) is 0 Å². The second-order valence-electron chi connectivity index (χ2n) is 4.36. The van der Waals surface area contributed by atoms with Gasteiger partial charge in [0.2, 0.25) is 0 Å². The molecule has 0 aromatic rings. The Kier molecular flexibility index (Phi) is 2.35. The predicted molar refractivity (Wildman–Crippen MR) is 51.5 cm³/mol. The zero-order valence-electron chi connectivity index (χ0n) is 8.40. The van der Waals surface area contributed by atoms with Gasteiger partial charge in [-0.25, -0.2) is 0 Å². The minimum Gasteiger partial charge on any atom is -0.469 e. The summed E-state index contributed by atoms with van der Waals surface area (Å²) in [6.07, 6.45) is 6.99. The van der Waals surface area contributed by atoms with E-state index >= 15 is 0 Å². The molecular formula is C11H16O3. The van der Waals surface area contributed by atoms with Gasteiger partial charge in [0.15, 0.2) is 0 Å². The van der Waals surface area contributed by atoms with Crippen molar-refractivity contribution in [2.45, 2.75) is 19.3 Å². The first-order valence-corrected chi connectivity index (χ1v) is 5.10. The molecule has 3 unspecified atom stereocenters. The average Bonchev–Trinajstić information content (AvgIpc) is 2.29. The highest BCUT2D eigenvalue weighted by molar-refractivity contribution is 5.74. The van der Waals surface area contributed by atoms with E-state index in [1.807, 2.05) is 6.08 Å². The van der Waals surface area contributed by atoms with Gasteiger partial charge in [-0.1, -0.05) is 12.2 Å². The average molecular weight is 196 g/mol. The number of methoxy groups -OCH3 is 1. The highest BCUT2D eigenvalue weighted by Crippen LogP contribution is 2.49. The molecule has 0 heterocycles. The lowest BCUT2D eigenvalue weighted by Gasteiger charge is -2.45. The molecule has 1 saturated carbocycles. The van der Waals surface area contributed by atoms with Crippen LogP contribution in [0.25, 0.3) is 0 Å². The summed E-state index contributed by atoms with van der Waals surface area (Å²) in [6.45, 7) is 0.0516. The maximum Gasteiger partial charge on any atom is 0.309 e. The highest BCUT2D eigenvalue weighted by Gasteiger charge is 2.48. The molecule has 0 aliphatic heterocycles. The Bertz CT molecular complexity index is 272. The summed E-state index contributed by atoms with van der Waals surface area (Å²) in [5.41, 5.74) is -0.332. The molecule has 14 heavy (non-hydrogen) atoms. The number of aliphatic hydroxyl groups excluding tert-OH is 1. The molecule has 2 bridgehead atoms. The lowest BCUT2D eigenvalue weighted by atomic mass is 9.59. The van der Waals surface area contributed by atoms with Crippen molar-refractivity contribution in [2.75, 3.05) is 13.7 Å². The molecular weight excluding hydrogens is 180 g/mol. The van der Waals surface area contributed by atoms with Crippen LogP contribution in [0, 0.1) is 17.3 Å². The first-order chi connectivity index (χ1) is 6.72. The van der Waals surface area contributed by atoms with Gasteiger partial charge in [0.1, 0.15) is 0 Å². The minimum atomic E-state index is -0.332. The molecule has 0 spiro atoms. The number of hydrogen-bond acceptors (Lipinski definition) is 3. The van der Waals surface area contributed by atoms with E-state index in [1.165, 1.54) is 7.11 Å². The molecule has 3 atom stereocenters. The normalized spacial score (nSPS) is 39.9. The van der Waals surface area contributed by atoms with Crippen molar-refractivity contribution in [3.05, 3.63) is 12.2 Å². The van der Waals surface area contributed by atoms with Gasteiger partial charge in [0.05, 0.1) is 19.6 Å². The monoisotopic (exact) mass is 196 g/mol. The third-order valence-corrected chi connectivity index (χ3v) is 3.69. The number of allylic oxidation sites excluding steroid dienone is 1. The maximum absolute atomic E-state index is 11.6. The molecule has 0 radical (unpaired) electrons. The molecule has 78 valence electrons. The largest absolute Gasteiger partial charge is 0.469 e. The van der Waals surface area contributed by atoms with Crippen LogP contribution in [0.5, 0.6) is 0 Å². The van der Waals surface area contributed by atoms with Gasteiger partial charge in [-0.05, 0) is 25.2 Å². The molecule has 0 saturated heterocycles. The third-order valence-electron chi connectivity index (χ3n) is 3.69. The Balaban J connectivity index is 2.27. The van der Waals surface area contributed by atoms with Gasteiger partial charge in [-0.15, -0.1) is 0 Å². The smallest absolute Gasteiger partial charge is 0.309 e. The second-order valence-corrected chi connectivity index (χ2v) is 4.36. The Morgan fingerprint density at radius 1 is 1.71 bits per heavy atom. The molecule has 0 amide bonds. The van der Waals surface area contributed by atoms with E-state index in [-0.39, 0.29) is 23.9 Å². The summed E-state index contributed by atoms with van der Waals surface area (Å²) in [6, 6.07) is 0. The van der Waals surface area contributed by atoms with Crippen molar-refractivity contribution in [1.82, 2.24) is 0 Å². The SMILES string of the molecule is COC(=O)C1CC2C=CC1(CO)CC2. The van der Waals surface area contributed by atoms with E-state index in [9.17, 15) is 9.90 Å². The van der Waals surface area contributed by atoms with E-state index in [0.717, 1.165) is 19.3 Å². The quantitative estimate of drug-likeness (QED) is 0.532. The van der Waals surface area contributed by atoms with Crippen LogP contribution in [0.4, 0.5) is 0 Å². The van der Waals surface area contributed by atoms with Gasteiger partial charge in [0, 0.05) is 5.41 Å². The van der Waals surface area contributed by atoms with Gasteiger partial charge in [-0.3, -0.25) is 4.79 Å². The van der Waals surface area contributed by atoms with Crippen LogP contribution >= 0.6 is 0 Å². The molecule has 3 aliphatic carbocycles. The number of esters is 1. The zero-order valence-corrected chi connectivity index (χ0v) is 8.40. The Hall–Kier alpha value is -0.830. The predicted octanol–water partition coefficient (Wildman–Crippen LogP) is 1.12. The lowest BCUT2D eigenvalue weighted by Crippen LogP contribution is -2.45. The molecule has 3 heteroatoms. The van der Waals surface area contributed by atoms with E-state index in [2.05, 4.69) is 6.08 Å². The standard InChI is InChI=1S/C11H16O3/c1-14-10(13)9-6-8-2-4-11(9,7-12)5-3-8/h2,4,8-9,12H,3,5-7H2,1H3.